The van der Waals surface area contributed by atoms with E-state index in [1.54, 1.807) is 31.3 Å². The van der Waals surface area contributed by atoms with Crippen LogP contribution in [0.4, 0.5) is 0 Å². The van der Waals surface area contributed by atoms with Gasteiger partial charge in [-0.3, -0.25) is 0 Å². The van der Waals surface area contributed by atoms with E-state index in [1.807, 2.05) is 36.9 Å². The van der Waals surface area contributed by atoms with Crippen molar-refractivity contribution in [1.29, 1.82) is 5.26 Å². The van der Waals surface area contributed by atoms with E-state index in [4.69, 9.17) is 18.9 Å². The van der Waals surface area contributed by atoms with Crippen LogP contribution in [0.15, 0.2) is 42.6 Å². The molecule has 1 heterocycles. The summed E-state index contributed by atoms with van der Waals surface area (Å²) in [6, 6.07) is 13.1. The molecule has 0 unspecified atom stereocenters. The summed E-state index contributed by atoms with van der Waals surface area (Å²) in [5.41, 5.74) is 2.39. The van der Waals surface area contributed by atoms with Crippen LogP contribution in [-0.2, 0) is 9.47 Å². The molecular weight excluding hydrogens is 422 g/mol. The zero-order chi connectivity index (χ0) is 23.8. The molecule has 8 nitrogen and oxygen atoms in total. The highest BCUT2D eigenvalue weighted by Crippen LogP contribution is 2.31. The molecule has 0 bridgehead atoms. The average Bonchev–Trinajstić information content (AvgIpc) is 3.18. The summed E-state index contributed by atoms with van der Waals surface area (Å²) in [5, 5.41) is 10.4. The Morgan fingerprint density at radius 2 is 1.97 bits per heavy atom. The third-order valence-corrected chi connectivity index (χ3v) is 4.99. The highest BCUT2D eigenvalue weighted by molar-refractivity contribution is 5.93. The minimum Gasteiger partial charge on any atom is -0.493 e. The molecule has 0 saturated carbocycles. The van der Waals surface area contributed by atoms with Crippen molar-refractivity contribution in [2.45, 2.75) is 13.3 Å². The van der Waals surface area contributed by atoms with Crippen molar-refractivity contribution in [3.8, 4) is 23.3 Å². The molecule has 8 heteroatoms. The van der Waals surface area contributed by atoms with E-state index in [2.05, 4.69) is 11.0 Å². The zero-order valence-electron chi connectivity index (χ0n) is 19.5. The fraction of sp³-hybridized carbons (Fsp3) is 0.360. The number of nitriles is 1. The molecule has 0 spiro atoms. The van der Waals surface area contributed by atoms with Crippen molar-refractivity contribution in [3.63, 3.8) is 0 Å². The Balaban J connectivity index is 1.99. The third kappa shape index (κ3) is 5.83. The molecule has 0 aliphatic rings. The quantitative estimate of drug-likeness (QED) is 0.247. The number of benzene rings is 2. The number of rotatable bonds is 11. The van der Waals surface area contributed by atoms with Crippen LogP contribution in [0, 0.1) is 11.3 Å². The second kappa shape index (κ2) is 11.4. The molecular formula is C25H29N3O5. The summed E-state index contributed by atoms with van der Waals surface area (Å²) in [6.07, 6.45) is 2.67. The summed E-state index contributed by atoms with van der Waals surface area (Å²) < 4.78 is 23.6. The minimum atomic E-state index is -0.473. The van der Waals surface area contributed by atoms with Crippen LogP contribution < -0.4 is 9.47 Å². The molecule has 0 amide bonds. The zero-order valence-corrected chi connectivity index (χ0v) is 19.5. The maximum atomic E-state index is 12.3. The number of aromatic nitrogens is 1. The predicted molar refractivity (Wildman–Crippen MR) is 125 cm³/mol. The topological polar surface area (TPSA) is 86.0 Å². The van der Waals surface area contributed by atoms with E-state index in [-0.39, 0.29) is 13.4 Å². The van der Waals surface area contributed by atoms with Crippen LogP contribution >= 0.6 is 0 Å². The molecule has 174 valence electrons. The number of carbonyl (C=O) groups excluding carboxylic acids is 1. The van der Waals surface area contributed by atoms with Crippen molar-refractivity contribution < 1.29 is 23.7 Å². The number of nitrogens with zero attached hydrogens (tertiary/aromatic N) is 3. The van der Waals surface area contributed by atoms with Gasteiger partial charge in [-0.15, -0.1) is 0 Å². The van der Waals surface area contributed by atoms with E-state index in [0.29, 0.717) is 23.5 Å². The number of esters is 1. The van der Waals surface area contributed by atoms with Crippen LogP contribution in [0.1, 0.15) is 29.3 Å². The highest BCUT2D eigenvalue weighted by Gasteiger charge is 2.17. The maximum absolute atomic E-state index is 12.3. The summed E-state index contributed by atoms with van der Waals surface area (Å²) in [4.78, 5) is 14.4. The Bertz CT molecular complexity index is 1150. The number of methoxy groups -OCH3 is 1. The summed E-state index contributed by atoms with van der Waals surface area (Å²) >= 11 is 0. The number of hydrogen-bond acceptors (Lipinski definition) is 7. The maximum Gasteiger partial charge on any atom is 0.341 e. The lowest BCUT2D eigenvalue weighted by molar-refractivity contribution is 0.0438. The SMILES string of the molecule is CCOC(=O)c1ccc(-n2cc(C#N)c3ccc(OCCCN(C)C)cc32)cc1OCOC. The first kappa shape index (κ1) is 24.1. The monoisotopic (exact) mass is 451 g/mol. The summed E-state index contributed by atoms with van der Waals surface area (Å²) in [6.45, 7) is 3.52. The Morgan fingerprint density at radius 3 is 2.67 bits per heavy atom. The highest BCUT2D eigenvalue weighted by atomic mass is 16.7. The fourth-order valence-electron chi connectivity index (χ4n) is 3.45. The van der Waals surface area contributed by atoms with Crippen LogP contribution in [0.3, 0.4) is 0 Å². The molecule has 3 aromatic rings. The third-order valence-electron chi connectivity index (χ3n) is 4.99. The lowest BCUT2D eigenvalue weighted by atomic mass is 10.1. The Morgan fingerprint density at radius 1 is 1.15 bits per heavy atom. The second-order valence-electron chi connectivity index (χ2n) is 7.66. The van der Waals surface area contributed by atoms with Gasteiger partial charge >= 0.3 is 5.97 Å². The van der Waals surface area contributed by atoms with Gasteiger partial charge in [0.2, 0.25) is 0 Å². The van der Waals surface area contributed by atoms with Gasteiger partial charge in [0, 0.05) is 43.1 Å². The first-order chi connectivity index (χ1) is 16.0. The van der Waals surface area contributed by atoms with Gasteiger partial charge in [0.25, 0.3) is 0 Å². The number of carbonyl (C=O) groups is 1. The average molecular weight is 452 g/mol. The van der Waals surface area contributed by atoms with Gasteiger partial charge in [-0.25, -0.2) is 4.79 Å². The van der Waals surface area contributed by atoms with Gasteiger partial charge in [-0.2, -0.15) is 5.26 Å². The summed E-state index contributed by atoms with van der Waals surface area (Å²) in [7, 11) is 5.56. The molecule has 0 saturated heterocycles. The van der Waals surface area contributed by atoms with Gasteiger partial charge in [0.15, 0.2) is 6.79 Å². The van der Waals surface area contributed by atoms with E-state index in [1.165, 1.54) is 7.11 Å². The first-order valence-electron chi connectivity index (χ1n) is 10.7. The van der Waals surface area contributed by atoms with E-state index in [9.17, 15) is 10.1 Å². The van der Waals surface area contributed by atoms with Gasteiger partial charge in [0.1, 0.15) is 23.1 Å². The number of fused-ring (bicyclic) bond motifs is 1. The van der Waals surface area contributed by atoms with Crippen LogP contribution in [0.2, 0.25) is 0 Å². The van der Waals surface area contributed by atoms with Gasteiger partial charge in [0.05, 0.1) is 24.3 Å². The molecule has 0 aliphatic carbocycles. The fourth-order valence-corrected chi connectivity index (χ4v) is 3.45. The molecule has 0 atom stereocenters. The smallest absolute Gasteiger partial charge is 0.341 e. The van der Waals surface area contributed by atoms with Gasteiger partial charge < -0.3 is 28.4 Å². The largest absolute Gasteiger partial charge is 0.493 e. The Labute approximate surface area is 193 Å². The van der Waals surface area contributed by atoms with Crippen molar-refractivity contribution in [2.24, 2.45) is 0 Å². The number of ether oxygens (including phenoxy) is 4. The molecule has 3 rings (SSSR count). The van der Waals surface area contributed by atoms with Crippen LogP contribution in [0.25, 0.3) is 16.6 Å². The molecule has 2 aromatic carbocycles. The molecule has 0 fully saturated rings. The normalized spacial score (nSPS) is 10.9. The number of hydrogen-bond donors (Lipinski definition) is 0. The molecule has 0 N–H and O–H groups in total. The minimum absolute atomic E-state index is 0.0172. The van der Waals surface area contributed by atoms with Crippen molar-refractivity contribution in [2.75, 3.05) is 47.8 Å². The molecule has 33 heavy (non-hydrogen) atoms. The van der Waals surface area contributed by atoms with E-state index < -0.39 is 5.97 Å². The molecule has 1 aromatic heterocycles. The Hall–Kier alpha value is -3.54. The van der Waals surface area contributed by atoms with E-state index >= 15 is 0 Å². The van der Waals surface area contributed by atoms with Crippen molar-refractivity contribution in [1.82, 2.24) is 9.47 Å². The second-order valence-corrected chi connectivity index (χ2v) is 7.66. The van der Waals surface area contributed by atoms with E-state index in [0.717, 1.165) is 35.3 Å². The lowest BCUT2D eigenvalue weighted by Crippen LogP contribution is -2.15. The van der Waals surface area contributed by atoms with Crippen LogP contribution in [0.5, 0.6) is 11.5 Å². The van der Waals surface area contributed by atoms with Crippen LogP contribution in [-0.4, -0.2) is 63.2 Å². The first-order valence-corrected chi connectivity index (χ1v) is 10.7. The van der Waals surface area contributed by atoms with Crippen molar-refractivity contribution >= 4 is 16.9 Å². The molecule has 0 aliphatic heterocycles. The summed E-state index contributed by atoms with van der Waals surface area (Å²) in [5.74, 6) is 0.590. The van der Waals surface area contributed by atoms with Gasteiger partial charge in [-0.05, 0) is 51.7 Å². The standard InChI is InChI=1S/C25H29N3O5/c1-5-31-25(29)22-9-7-19(13-24(22)33-17-30-4)28-16-18(15-26)21-10-8-20(14-23(21)28)32-12-6-11-27(2)3/h7-10,13-14,16H,5-6,11-12,17H2,1-4H3. The Kier molecular flexibility index (Phi) is 8.30. The predicted octanol–water partition coefficient (Wildman–Crippen LogP) is 3.99. The molecule has 0 radical (unpaired) electrons. The van der Waals surface area contributed by atoms with Gasteiger partial charge in [-0.1, -0.05) is 0 Å². The van der Waals surface area contributed by atoms with Crippen molar-refractivity contribution in [3.05, 3.63) is 53.7 Å². The lowest BCUT2D eigenvalue weighted by Gasteiger charge is -2.14.